The molecule has 3 heteroatoms. The molecule has 1 saturated carbocycles. The van der Waals surface area contributed by atoms with Gasteiger partial charge in [0.15, 0.2) is 5.78 Å². The third-order valence-corrected chi connectivity index (χ3v) is 3.05. The number of ether oxygens (including phenoxy) is 1. The fraction of sp³-hybridized carbons (Fsp3) is 0.462. The lowest BCUT2D eigenvalue weighted by Gasteiger charge is -2.22. The van der Waals surface area contributed by atoms with Gasteiger partial charge in [-0.3, -0.25) is 4.79 Å². The molecule has 0 amide bonds. The highest BCUT2D eigenvalue weighted by Gasteiger charge is 2.29. The molecule has 3 nitrogen and oxygen atoms in total. The topological polar surface area (TPSA) is 29.5 Å². The molecular weight excluding hydrogens is 202 g/mol. The van der Waals surface area contributed by atoms with E-state index >= 15 is 0 Å². The minimum Gasteiger partial charge on any atom is -0.496 e. The largest absolute Gasteiger partial charge is 0.496 e. The van der Waals surface area contributed by atoms with Crippen molar-refractivity contribution in [1.29, 1.82) is 0 Å². The van der Waals surface area contributed by atoms with Gasteiger partial charge in [-0.25, -0.2) is 0 Å². The van der Waals surface area contributed by atoms with Gasteiger partial charge in [-0.15, -0.1) is 0 Å². The van der Waals surface area contributed by atoms with Crippen molar-refractivity contribution in [2.24, 2.45) is 0 Å². The van der Waals surface area contributed by atoms with Crippen LogP contribution in [-0.2, 0) is 0 Å². The summed E-state index contributed by atoms with van der Waals surface area (Å²) >= 11 is 0. The molecule has 0 unspecified atom stereocenters. The van der Waals surface area contributed by atoms with Gasteiger partial charge < -0.3 is 9.64 Å². The Balaban J connectivity index is 2.45. The van der Waals surface area contributed by atoms with E-state index in [4.69, 9.17) is 4.74 Å². The smallest absolute Gasteiger partial charge is 0.165 e. The maximum atomic E-state index is 11.7. The van der Waals surface area contributed by atoms with Crippen molar-refractivity contribution in [3.63, 3.8) is 0 Å². The molecule has 0 radical (unpaired) electrons. The molecule has 0 bridgehead atoms. The summed E-state index contributed by atoms with van der Waals surface area (Å²) in [6, 6.07) is 6.34. The first-order chi connectivity index (χ1) is 7.65. The van der Waals surface area contributed by atoms with Crippen molar-refractivity contribution in [3.05, 3.63) is 23.8 Å². The van der Waals surface area contributed by atoms with E-state index < -0.39 is 0 Å². The number of benzene rings is 1. The van der Waals surface area contributed by atoms with Gasteiger partial charge in [0, 0.05) is 13.1 Å². The molecule has 1 fully saturated rings. The standard InChI is InChI=1S/C13H17NO2/c1-9(15)13-11(14(2)10-7-8-10)5-4-6-12(13)16-3/h4-6,10H,7-8H2,1-3H3. The van der Waals surface area contributed by atoms with E-state index in [1.165, 1.54) is 12.8 Å². The number of hydrogen-bond donors (Lipinski definition) is 0. The van der Waals surface area contributed by atoms with Crippen molar-refractivity contribution >= 4 is 11.5 Å². The zero-order chi connectivity index (χ0) is 11.7. The van der Waals surface area contributed by atoms with Crippen molar-refractivity contribution in [3.8, 4) is 5.75 Å². The number of rotatable bonds is 4. The molecule has 0 saturated heterocycles. The Kier molecular flexibility index (Phi) is 2.86. The normalized spacial score (nSPS) is 14.7. The van der Waals surface area contributed by atoms with Crippen molar-refractivity contribution in [2.75, 3.05) is 19.1 Å². The molecule has 1 aliphatic rings. The van der Waals surface area contributed by atoms with E-state index in [-0.39, 0.29) is 5.78 Å². The Morgan fingerprint density at radius 3 is 2.62 bits per heavy atom. The highest BCUT2D eigenvalue weighted by molar-refractivity contribution is 6.02. The van der Waals surface area contributed by atoms with E-state index in [0.717, 1.165) is 5.69 Å². The van der Waals surface area contributed by atoms with E-state index in [0.29, 0.717) is 17.4 Å². The van der Waals surface area contributed by atoms with E-state index in [1.807, 2.05) is 25.2 Å². The van der Waals surface area contributed by atoms with Gasteiger partial charge in [-0.2, -0.15) is 0 Å². The fourth-order valence-corrected chi connectivity index (χ4v) is 2.00. The predicted molar refractivity (Wildman–Crippen MR) is 64.4 cm³/mol. The first-order valence-electron chi connectivity index (χ1n) is 5.56. The summed E-state index contributed by atoms with van der Waals surface area (Å²) in [5, 5.41) is 0. The molecule has 1 aromatic carbocycles. The second-order valence-corrected chi connectivity index (χ2v) is 4.25. The van der Waals surface area contributed by atoms with Gasteiger partial charge in [0.1, 0.15) is 5.75 Å². The Labute approximate surface area is 96.0 Å². The lowest BCUT2D eigenvalue weighted by molar-refractivity contribution is 0.101. The molecule has 0 atom stereocenters. The van der Waals surface area contributed by atoms with Crippen LogP contribution in [0.3, 0.4) is 0 Å². The molecule has 0 N–H and O–H groups in total. The number of methoxy groups -OCH3 is 1. The minimum absolute atomic E-state index is 0.0555. The molecule has 0 aromatic heterocycles. The van der Waals surface area contributed by atoms with Crippen LogP contribution < -0.4 is 9.64 Å². The van der Waals surface area contributed by atoms with E-state index in [9.17, 15) is 4.79 Å². The van der Waals surface area contributed by atoms with Crippen LogP contribution in [0.5, 0.6) is 5.75 Å². The van der Waals surface area contributed by atoms with Crippen LogP contribution in [0.25, 0.3) is 0 Å². The molecule has 0 heterocycles. The summed E-state index contributed by atoms with van der Waals surface area (Å²) in [5.41, 5.74) is 1.67. The zero-order valence-corrected chi connectivity index (χ0v) is 9.99. The third kappa shape index (κ3) is 1.90. The second-order valence-electron chi connectivity index (χ2n) is 4.25. The van der Waals surface area contributed by atoms with E-state index in [1.54, 1.807) is 14.0 Å². The maximum absolute atomic E-state index is 11.7. The predicted octanol–water partition coefficient (Wildman–Crippen LogP) is 2.50. The number of ketones is 1. The molecule has 2 rings (SSSR count). The summed E-state index contributed by atoms with van der Waals surface area (Å²) in [6.07, 6.45) is 2.43. The van der Waals surface area contributed by atoms with Crippen LogP contribution in [0.15, 0.2) is 18.2 Å². The molecule has 1 aromatic rings. The van der Waals surface area contributed by atoms with Gasteiger partial charge in [-0.1, -0.05) is 6.07 Å². The monoisotopic (exact) mass is 219 g/mol. The number of nitrogens with zero attached hydrogens (tertiary/aromatic N) is 1. The summed E-state index contributed by atoms with van der Waals surface area (Å²) < 4.78 is 5.25. The van der Waals surface area contributed by atoms with Crippen LogP contribution in [-0.4, -0.2) is 26.0 Å². The highest BCUT2D eigenvalue weighted by atomic mass is 16.5. The van der Waals surface area contributed by atoms with Gasteiger partial charge in [-0.05, 0) is 31.9 Å². The third-order valence-electron chi connectivity index (χ3n) is 3.05. The Morgan fingerprint density at radius 2 is 2.12 bits per heavy atom. The first kappa shape index (κ1) is 11.0. The van der Waals surface area contributed by atoms with Crippen molar-refractivity contribution < 1.29 is 9.53 Å². The summed E-state index contributed by atoms with van der Waals surface area (Å²) in [7, 11) is 3.64. The molecule has 1 aliphatic carbocycles. The maximum Gasteiger partial charge on any atom is 0.165 e. The lowest BCUT2D eigenvalue weighted by Crippen LogP contribution is -2.22. The van der Waals surface area contributed by atoms with Gasteiger partial charge in [0.25, 0.3) is 0 Å². The number of carbonyl (C=O) groups excluding carboxylic acids is 1. The molecule has 16 heavy (non-hydrogen) atoms. The zero-order valence-electron chi connectivity index (χ0n) is 9.99. The van der Waals surface area contributed by atoms with E-state index in [2.05, 4.69) is 4.90 Å². The van der Waals surface area contributed by atoms with Crippen LogP contribution in [0.4, 0.5) is 5.69 Å². The number of Topliss-reactive ketones (excluding diaryl/α,β-unsaturated/α-hetero) is 1. The van der Waals surface area contributed by atoms with Crippen LogP contribution >= 0.6 is 0 Å². The second kappa shape index (κ2) is 4.16. The molecule has 86 valence electrons. The Hall–Kier alpha value is -1.51. The lowest BCUT2D eigenvalue weighted by atomic mass is 10.1. The van der Waals surface area contributed by atoms with Crippen molar-refractivity contribution in [1.82, 2.24) is 0 Å². The Bertz CT molecular complexity index is 410. The average molecular weight is 219 g/mol. The Morgan fingerprint density at radius 1 is 1.44 bits per heavy atom. The highest BCUT2D eigenvalue weighted by Crippen LogP contribution is 2.35. The summed E-state index contributed by atoms with van der Waals surface area (Å²) in [4.78, 5) is 13.9. The average Bonchev–Trinajstić information content (AvgIpc) is 3.10. The SMILES string of the molecule is COc1cccc(N(C)C2CC2)c1C(C)=O. The molecule has 0 spiro atoms. The summed E-state index contributed by atoms with van der Waals surface area (Å²) in [5.74, 6) is 0.720. The van der Waals surface area contributed by atoms with Gasteiger partial charge >= 0.3 is 0 Å². The number of carbonyl (C=O) groups is 1. The number of anilines is 1. The van der Waals surface area contributed by atoms with Crippen molar-refractivity contribution in [2.45, 2.75) is 25.8 Å². The van der Waals surface area contributed by atoms with Crippen LogP contribution in [0, 0.1) is 0 Å². The summed E-state index contributed by atoms with van der Waals surface area (Å²) in [6.45, 7) is 1.59. The van der Waals surface area contributed by atoms with Crippen LogP contribution in [0.2, 0.25) is 0 Å². The van der Waals surface area contributed by atoms with Crippen LogP contribution in [0.1, 0.15) is 30.1 Å². The quantitative estimate of drug-likeness (QED) is 0.729. The van der Waals surface area contributed by atoms with Gasteiger partial charge in [0.05, 0.1) is 18.4 Å². The fourth-order valence-electron chi connectivity index (χ4n) is 2.00. The number of hydrogen-bond acceptors (Lipinski definition) is 3. The van der Waals surface area contributed by atoms with Gasteiger partial charge in [0.2, 0.25) is 0 Å². The molecule has 0 aliphatic heterocycles. The molecular formula is C13H17NO2. The first-order valence-corrected chi connectivity index (χ1v) is 5.56. The minimum atomic E-state index is 0.0555.